The van der Waals surface area contributed by atoms with Crippen molar-refractivity contribution in [1.82, 2.24) is 10.2 Å². The molecule has 0 spiro atoms. The van der Waals surface area contributed by atoms with Gasteiger partial charge in [0.2, 0.25) is 11.8 Å². The van der Waals surface area contributed by atoms with E-state index in [1.165, 1.54) is 12.8 Å². The number of benzene rings is 1. The van der Waals surface area contributed by atoms with Gasteiger partial charge in [-0.3, -0.25) is 9.59 Å². The van der Waals surface area contributed by atoms with E-state index in [4.69, 9.17) is 11.6 Å². The van der Waals surface area contributed by atoms with Gasteiger partial charge in [0.15, 0.2) is 0 Å². The topological polar surface area (TPSA) is 49.4 Å². The van der Waals surface area contributed by atoms with E-state index >= 15 is 0 Å². The maximum atomic E-state index is 12.2. The van der Waals surface area contributed by atoms with Crippen molar-refractivity contribution in [2.75, 3.05) is 6.54 Å². The summed E-state index contributed by atoms with van der Waals surface area (Å²) in [4.78, 5) is 25.9. The van der Waals surface area contributed by atoms with E-state index in [1.807, 2.05) is 18.2 Å². The summed E-state index contributed by atoms with van der Waals surface area (Å²) in [5.74, 6) is -0.158. The summed E-state index contributed by atoms with van der Waals surface area (Å²) in [6.07, 6.45) is 6.71. The highest BCUT2D eigenvalue weighted by Crippen LogP contribution is 2.22. The fraction of sp³-hybridized carbons (Fsp3) is 0.556. The summed E-state index contributed by atoms with van der Waals surface area (Å²) in [5, 5.41) is 3.50. The first-order valence-corrected chi connectivity index (χ1v) is 8.73. The van der Waals surface area contributed by atoms with Gasteiger partial charge in [-0.25, -0.2) is 0 Å². The second-order valence-corrected chi connectivity index (χ2v) is 6.57. The molecule has 1 aliphatic rings. The van der Waals surface area contributed by atoms with Crippen LogP contribution in [0.15, 0.2) is 24.3 Å². The number of nitrogens with one attached hydrogen (secondary N) is 1. The standard InChI is InChI=1S/C18H25ClN2O2/c1-14(22)21(16-9-4-2-3-5-10-16)13-18(23)20-12-15-8-6-7-11-17(15)19/h6-8,11,16H,2-5,9-10,12-13H2,1H3,(H,20,23). The molecule has 0 radical (unpaired) electrons. The van der Waals surface area contributed by atoms with E-state index in [9.17, 15) is 9.59 Å². The van der Waals surface area contributed by atoms with Crippen molar-refractivity contribution in [3.8, 4) is 0 Å². The summed E-state index contributed by atoms with van der Waals surface area (Å²) in [7, 11) is 0. The third-order valence-corrected chi connectivity index (χ3v) is 4.79. The first kappa shape index (κ1) is 17.8. The van der Waals surface area contributed by atoms with E-state index in [0.717, 1.165) is 31.2 Å². The molecule has 1 aromatic carbocycles. The van der Waals surface area contributed by atoms with Gasteiger partial charge in [-0.1, -0.05) is 55.5 Å². The lowest BCUT2D eigenvalue weighted by Crippen LogP contribution is -2.45. The van der Waals surface area contributed by atoms with Crippen LogP contribution in [0.3, 0.4) is 0 Å². The summed E-state index contributed by atoms with van der Waals surface area (Å²) in [6, 6.07) is 7.63. The zero-order valence-corrected chi connectivity index (χ0v) is 14.4. The highest BCUT2D eigenvalue weighted by molar-refractivity contribution is 6.31. The number of carbonyl (C=O) groups excluding carboxylic acids is 2. The second-order valence-electron chi connectivity index (χ2n) is 6.16. The molecule has 1 aliphatic carbocycles. The molecule has 2 rings (SSSR count). The summed E-state index contributed by atoms with van der Waals surface area (Å²) < 4.78 is 0. The Hall–Kier alpha value is -1.55. The summed E-state index contributed by atoms with van der Waals surface area (Å²) in [5.41, 5.74) is 0.881. The van der Waals surface area contributed by atoms with Gasteiger partial charge in [0.1, 0.15) is 0 Å². The molecule has 23 heavy (non-hydrogen) atoms. The van der Waals surface area contributed by atoms with Gasteiger partial charge in [0.05, 0.1) is 6.54 Å². The number of rotatable bonds is 5. The molecule has 5 heteroatoms. The average Bonchev–Trinajstić information content (AvgIpc) is 2.80. The quantitative estimate of drug-likeness (QED) is 0.836. The van der Waals surface area contributed by atoms with Crippen LogP contribution in [0, 0.1) is 0 Å². The van der Waals surface area contributed by atoms with Crippen molar-refractivity contribution in [3.63, 3.8) is 0 Å². The molecule has 1 N–H and O–H groups in total. The van der Waals surface area contributed by atoms with Gasteiger partial charge >= 0.3 is 0 Å². The molecule has 0 bridgehead atoms. The normalized spacial score (nSPS) is 15.7. The monoisotopic (exact) mass is 336 g/mol. The zero-order chi connectivity index (χ0) is 16.7. The predicted octanol–water partition coefficient (Wildman–Crippen LogP) is 3.53. The largest absolute Gasteiger partial charge is 0.350 e. The van der Waals surface area contributed by atoms with Gasteiger partial charge in [-0.05, 0) is 24.5 Å². The Morgan fingerprint density at radius 3 is 2.43 bits per heavy atom. The Bertz CT molecular complexity index is 540. The van der Waals surface area contributed by atoms with Crippen LogP contribution in [0.25, 0.3) is 0 Å². The van der Waals surface area contributed by atoms with E-state index in [-0.39, 0.29) is 24.4 Å². The Balaban J connectivity index is 1.90. The van der Waals surface area contributed by atoms with Crippen molar-refractivity contribution in [1.29, 1.82) is 0 Å². The van der Waals surface area contributed by atoms with Crippen molar-refractivity contribution < 1.29 is 9.59 Å². The second kappa shape index (κ2) is 8.92. The van der Waals surface area contributed by atoms with Crippen LogP contribution >= 0.6 is 11.6 Å². The molecular formula is C18H25ClN2O2. The maximum absolute atomic E-state index is 12.2. The molecule has 0 saturated heterocycles. The lowest BCUT2D eigenvalue weighted by molar-refractivity contribution is -0.136. The van der Waals surface area contributed by atoms with E-state index in [1.54, 1.807) is 17.9 Å². The Morgan fingerprint density at radius 1 is 1.17 bits per heavy atom. The van der Waals surface area contributed by atoms with E-state index in [2.05, 4.69) is 5.32 Å². The zero-order valence-electron chi connectivity index (χ0n) is 13.7. The third kappa shape index (κ3) is 5.54. The molecule has 0 unspecified atom stereocenters. The highest BCUT2D eigenvalue weighted by Gasteiger charge is 2.24. The van der Waals surface area contributed by atoms with Crippen LogP contribution in [0.4, 0.5) is 0 Å². The first-order valence-electron chi connectivity index (χ1n) is 8.35. The van der Waals surface area contributed by atoms with Crippen LogP contribution in [0.2, 0.25) is 5.02 Å². The molecule has 0 atom stereocenters. The summed E-state index contributed by atoms with van der Waals surface area (Å²) in [6.45, 7) is 2.06. The number of nitrogens with zero attached hydrogens (tertiary/aromatic N) is 1. The Kier molecular flexibility index (Phi) is 6.90. The van der Waals surface area contributed by atoms with E-state index < -0.39 is 0 Å². The van der Waals surface area contributed by atoms with Gasteiger partial charge in [-0.2, -0.15) is 0 Å². The maximum Gasteiger partial charge on any atom is 0.239 e. The smallest absolute Gasteiger partial charge is 0.239 e. The molecule has 0 aromatic heterocycles. The van der Waals surface area contributed by atoms with Crippen molar-refractivity contribution >= 4 is 23.4 Å². The third-order valence-electron chi connectivity index (χ3n) is 4.42. The Labute approximate surface area is 143 Å². The molecular weight excluding hydrogens is 312 g/mol. The number of amides is 2. The minimum absolute atomic E-state index is 0.0233. The van der Waals surface area contributed by atoms with Crippen LogP contribution < -0.4 is 5.32 Å². The molecule has 126 valence electrons. The molecule has 1 saturated carbocycles. The predicted molar refractivity (Wildman–Crippen MR) is 92.2 cm³/mol. The lowest BCUT2D eigenvalue weighted by atomic mass is 10.1. The molecule has 2 amide bonds. The van der Waals surface area contributed by atoms with Crippen LogP contribution in [-0.4, -0.2) is 29.3 Å². The Morgan fingerprint density at radius 2 is 1.83 bits per heavy atom. The molecule has 4 nitrogen and oxygen atoms in total. The summed E-state index contributed by atoms with van der Waals surface area (Å²) >= 11 is 6.09. The molecule has 0 aliphatic heterocycles. The highest BCUT2D eigenvalue weighted by atomic mass is 35.5. The molecule has 1 aromatic rings. The fourth-order valence-corrected chi connectivity index (χ4v) is 3.32. The average molecular weight is 337 g/mol. The first-order chi connectivity index (χ1) is 11.1. The van der Waals surface area contributed by atoms with Crippen LogP contribution in [0.5, 0.6) is 0 Å². The van der Waals surface area contributed by atoms with Crippen molar-refractivity contribution in [3.05, 3.63) is 34.9 Å². The fourth-order valence-electron chi connectivity index (χ4n) is 3.11. The van der Waals surface area contributed by atoms with Crippen LogP contribution in [0.1, 0.15) is 51.0 Å². The van der Waals surface area contributed by atoms with E-state index in [0.29, 0.717) is 11.6 Å². The van der Waals surface area contributed by atoms with Crippen molar-refractivity contribution in [2.45, 2.75) is 58.0 Å². The van der Waals surface area contributed by atoms with Gasteiger partial charge < -0.3 is 10.2 Å². The molecule has 0 heterocycles. The van der Waals surface area contributed by atoms with Crippen molar-refractivity contribution in [2.24, 2.45) is 0 Å². The van der Waals surface area contributed by atoms with Gasteiger partial charge in [-0.15, -0.1) is 0 Å². The SMILES string of the molecule is CC(=O)N(CC(=O)NCc1ccccc1Cl)C1CCCCCC1. The minimum Gasteiger partial charge on any atom is -0.350 e. The number of hydrogen-bond acceptors (Lipinski definition) is 2. The lowest BCUT2D eigenvalue weighted by Gasteiger charge is -2.29. The number of halogens is 1. The van der Waals surface area contributed by atoms with Gasteiger partial charge in [0.25, 0.3) is 0 Å². The van der Waals surface area contributed by atoms with Gasteiger partial charge in [0, 0.05) is 24.5 Å². The minimum atomic E-state index is -0.135. The molecule has 1 fully saturated rings. The number of carbonyl (C=O) groups is 2. The van der Waals surface area contributed by atoms with Crippen LogP contribution in [-0.2, 0) is 16.1 Å². The number of hydrogen-bond donors (Lipinski definition) is 1.